The quantitative estimate of drug-likeness (QED) is 0.797. The van der Waals surface area contributed by atoms with E-state index in [4.69, 9.17) is 23.2 Å². The van der Waals surface area contributed by atoms with Gasteiger partial charge in [-0.05, 0) is 36.2 Å². The zero-order valence-electron chi connectivity index (χ0n) is 12.1. The van der Waals surface area contributed by atoms with Crippen LogP contribution in [0.2, 0.25) is 10.0 Å². The molecule has 0 radical (unpaired) electrons. The maximum atomic E-state index is 11.8. The maximum Gasteiger partial charge on any atom is 0.221 e. The Morgan fingerprint density at radius 2 is 1.68 bits per heavy atom. The third-order valence-corrected chi connectivity index (χ3v) is 3.77. The van der Waals surface area contributed by atoms with E-state index in [0.717, 1.165) is 22.7 Å². The average molecular weight is 337 g/mol. The molecule has 5 heteroatoms. The van der Waals surface area contributed by atoms with Crippen LogP contribution in [0.1, 0.15) is 12.0 Å². The van der Waals surface area contributed by atoms with Gasteiger partial charge in [-0.25, -0.2) is 0 Å². The monoisotopic (exact) mass is 336 g/mol. The third kappa shape index (κ3) is 5.58. The molecule has 0 bridgehead atoms. The first-order valence-electron chi connectivity index (χ1n) is 7.15. The lowest BCUT2D eigenvalue weighted by molar-refractivity contribution is -0.120. The van der Waals surface area contributed by atoms with Gasteiger partial charge in [0.05, 0.1) is 10.7 Å². The number of carbonyl (C=O) groups is 1. The molecule has 2 N–H and O–H groups in total. The summed E-state index contributed by atoms with van der Waals surface area (Å²) in [5, 5.41) is 7.43. The van der Waals surface area contributed by atoms with Gasteiger partial charge in [-0.15, -0.1) is 0 Å². The maximum absolute atomic E-state index is 11.8. The Hall–Kier alpha value is -1.71. The highest BCUT2D eigenvalue weighted by Gasteiger charge is 2.02. The van der Waals surface area contributed by atoms with Crippen LogP contribution in [-0.2, 0) is 11.2 Å². The van der Waals surface area contributed by atoms with Crippen LogP contribution in [0.3, 0.4) is 0 Å². The fourth-order valence-electron chi connectivity index (χ4n) is 2.00. The number of amides is 1. The number of nitrogens with one attached hydrogen (secondary N) is 2. The van der Waals surface area contributed by atoms with Crippen molar-refractivity contribution in [3.63, 3.8) is 0 Å². The first-order valence-corrected chi connectivity index (χ1v) is 7.90. The molecule has 0 fully saturated rings. The van der Waals surface area contributed by atoms with Crippen LogP contribution in [-0.4, -0.2) is 19.0 Å². The summed E-state index contributed by atoms with van der Waals surface area (Å²) in [6.07, 6.45) is 1.20. The van der Waals surface area contributed by atoms with E-state index >= 15 is 0 Å². The van der Waals surface area contributed by atoms with Gasteiger partial charge in [0, 0.05) is 24.5 Å². The highest BCUT2D eigenvalue weighted by molar-refractivity contribution is 6.33. The summed E-state index contributed by atoms with van der Waals surface area (Å²) in [6, 6.07) is 15.1. The molecule has 0 aliphatic heterocycles. The van der Waals surface area contributed by atoms with Gasteiger partial charge in [0.25, 0.3) is 0 Å². The van der Waals surface area contributed by atoms with Crippen LogP contribution < -0.4 is 10.6 Å². The Balaban J connectivity index is 1.64. The molecule has 116 valence electrons. The number of rotatable bonds is 7. The van der Waals surface area contributed by atoms with E-state index in [0.29, 0.717) is 24.5 Å². The standard InChI is InChI=1S/C17H18Cl2N2O/c18-14-7-5-13(6-8-14)9-11-21-17(22)10-12-20-16-4-2-1-3-15(16)19/h1-8,20H,9-12H2,(H,21,22). The van der Waals surface area contributed by atoms with E-state index in [-0.39, 0.29) is 5.91 Å². The summed E-state index contributed by atoms with van der Waals surface area (Å²) in [5.74, 6) is 0.0218. The first-order chi connectivity index (χ1) is 10.6. The minimum atomic E-state index is 0.0218. The summed E-state index contributed by atoms with van der Waals surface area (Å²) >= 11 is 11.9. The molecule has 0 atom stereocenters. The normalized spacial score (nSPS) is 10.3. The van der Waals surface area contributed by atoms with E-state index < -0.39 is 0 Å². The minimum Gasteiger partial charge on any atom is -0.383 e. The third-order valence-electron chi connectivity index (χ3n) is 3.19. The number of hydrogen-bond acceptors (Lipinski definition) is 2. The van der Waals surface area contributed by atoms with Gasteiger partial charge in [-0.1, -0.05) is 47.5 Å². The van der Waals surface area contributed by atoms with Gasteiger partial charge in [0.2, 0.25) is 5.91 Å². The molecule has 2 aromatic rings. The second-order valence-corrected chi connectivity index (χ2v) is 5.73. The van der Waals surface area contributed by atoms with Gasteiger partial charge in [0.15, 0.2) is 0 Å². The summed E-state index contributed by atoms with van der Waals surface area (Å²) in [6.45, 7) is 1.17. The van der Waals surface area contributed by atoms with Crippen LogP contribution in [0, 0.1) is 0 Å². The molecule has 22 heavy (non-hydrogen) atoms. The number of halogens is 2. The molecule has 0 saturated heterocycles. The van der Waals surface area contributed by atoms with E-state index in [2.05, 4.69) is 10.6 Å². The average Bonchev–Trinajstić information content (AvgIpc) is 2.51. The van der Waals surface area contributed by atoms with Crippen LogP contribution in [0.4, 0.5) is 5.69 Å². The molecule has 0 heterocycles. The fraction of sp³-hybridized carbons (Fsp3) is 0.235. The van der Waals surface area contributed by atoms with Gasteiger partial charge in [-0.2, -0.15) is 0 Å². The van der Waals surface area contributed by atoms with Crippen molar-refractivity contribution in [3.05, 3.63) is 64.1 Å². The predicted octanol–water partition coefficient (Wildman–Crippen LogP) is 4.15. The second-order valence-electron chi connectivity index (χ2n) is 4.88. The second kappa shape index (κ2) is 8.66. The molecule has 0 aliphatic rings. The lowest BCUT2D eigenvalue weighted by Gasteiger charge is -2.09. The number of carbonyl (C=O) groups excluding carboxylic acids is 1. The van der Waals surface area contributed by atoms with E-state index in [1.165, 1.54) is 0 Å². The molecule has 0 spiro atoms. The number of hydrogen-bond donors (Lipinski definition) is 2. The van der Waals surface area contributed by atoms with Crippen LogP contribution in [0.25, 0.3) is 0 Å². The van der Waals surface area contributed by atoms with Crippen molar-refractivity contribution in [1.29, 1.82) is 0 Å². The molecule has 0 aliphatic carbocycles. The van der Waals surface area contributed by atoms with Crippen molar-refractivity contribution >= 4 is 34.8 Å². The van der Waals surface area contributed by atoms with Crippen LogP contribution >= 0.6 is 23.2 Å². The highest BCUT2D eigenvalue weighted by atomic mass is 35.5. The Morgan fingerprint density at radius 1 is 0.955 bits per heavy atom. The van der Waals surface area contributed by atoms with Crippen molar-refractivity contribution in [2.75, 3.05) is 18.4 Å². The smallest absolute Gasteiger partial charge is 0.221 e. The van der Waals surface area contributed by atoms with Crippen molar-refractivity contribution in [3.8, 4) is 0 Å². The Morgan fingerprint density at radius 3 is 2.41 bits per heavy atom. The Labute approximate surface area is 140 Å². The molecule has 3 nitrogen and oxygen atoms in total. The number of benzene rings is 2. The van der Waals surface area contributed by atoms with Gasteiger partial charge >= 0.3 is 0 Å². The van der Waals surface area contributed by atoms with Crippen molar-refractivity contribution in [2.45, 2.75) is 12.8 Å². The lowest BCUT2D eigenvalue weighted by Crippen LogP contribution is -2.27. The summed E-state index contributed by atoms with van der Waals surface area (Å²) in [7, 11) is 0. The Kier molecular flexibility index (Phi) is 6.56. The van der Waals surface area contributed by atoms with Crippen molar-refractivity contribution < 1.29 is 4.79 Å². The molecule has 0 saturated carbocycles. The predicted molar refractivity (Wildman–Crippen MR) is 92.7 cm³/mol. The van der Waals surface area contributed by atoms with E-state index in [1.807, 2.05) is 48.5 Å². The molecular formula is C17H18Cl2N2O. The fourth-order valence-corrected chi connectivity index (χ4v) is 2.33. The Bertz CT molecular complexity index is 614. The lowest BCUT2D eigenvalue weighted by atomic mass is 10.1. The summed E-state index contributed by atoms with van der Waals surface area (Å²) < 4.78 is 0. The molecule has 0 unspecified atom stereocenters. The SMILES string of the molecule is O=C(CCNc1ccccc1Cl)NCCc1ccc(Cl)cc1. The summed E-state index contributed by atoms with van der Waals surface area (Å²) in [4.78, 5) is 11.8. The van der Waals surface area contributed by atoms with Gasteiger partial charge in [0.1, 0.15) is 0 Å². The number of anilines is 1. The molecular weight excluding hydrogens is 319 g/mol. The highest BCUT2D eigenvalue weighted by Crippen LogP contribution is 2.20. The molecule has 2 rings (SSSR count). The van der Waals surface area contributed by atoms with Crippen molar-refractivity contribution in [1.82, 2.24) is 5.32 Å². The van der Waals surface area contributed by atoms with Crippen LogP contribution in [0.15, 0.2) is 48.5 Å². The first kappa shape index (κ1) is 16.7. The van der Waals surface area contributed by atoms with Gasteiger partial charge in [-0.3, -0.25) is 4.79 Å². The zero-order valence-corrected chi connectivity index (χ0v) is 13.6. The van der Waals surface area contributed by atoms with E-state index in [9.17, 15) is 4.79 Å². The largest absolute Gasteiger partial charge is 0.383 e. The minimum absolute atomic E-state index is 0.0218. The van der Waals surface area contributed by atoms with E-state index in [1.54, 1.807) is 0 Å². The van der Waals surface area contributed by atoms with Crippen molar-refractivity contribution in [2.24, 2.45) is 0 Å². The number of para-hydroxylation sites is 1. The molecule has 1 amide bonds. The topological polar surface area (TPSA) is 41.1 Å². The zero-order chi connectivity index (χ0) is 15.8. The molecule has 2 aromatic carbocycles. The summed E-state index contributed by atoms with van der Waals surface area (Å²) in [5.41, 5.74) is 2.00. The van der Waals surface area contributed by atoms with Gasteiger partial charge < -0.3 is 10.6 Å². The molecule has 0 aromatic heterocycles. The van der Waals surface area contributed by atoms with Crippen LogP contribution in [0.5, 0.6) is 0 Å².